The molecule has 1 rings (SSSR count). The van der Waals surface area contributed by atoms with E-state index in [1.54, 1.807) is 0 Å². The highest BCUT2D eigenvalue weighted by Crippen LogP contribution is 2.24. The first kappa shape index (κ1) is 19.7. The second kappa shape index (κ2) is 10.5. The van der Waals surface area contributed by atoms with Crippen molar-refractivity contribution in [2.75, 3.05) is 6.61 Å². The van der Waals surface area contributed by atoms with Gasteiger partial charge in [0.05, 0.1) is 0 Å². The summed E-state index contributed by atoms with van der Waals surface area (Å²) in [6, 6.07) is 0. The average molecular weight is 324 g/mol. The Hall–Kier alpha value is -1.32. The van der Waals surface area contributed by atoms with Crippen molar-refractivity contribution in [1.82, 2.24) is 0 Å². The molecule has 4 nitrogen and oxygen atoms in total. The first-order valence-electron chi connectivity index (χ1n) is 8.96. The minimum Gasteiger partial charge on any atom is -0.462 e. The average Bonchev–Trinajstić information content (AvgIpc) is 2.51. The second-order valence-corrected chi connectivity index (χ2v) is 6.79. The van der Waals surface area contributed by atoms with Crippen LogP contribution >= 0.6 is 0 Å². The van der Waals surface area contributed by atoms with Gasteiger partial charge >= 0.3 is 11.9 Å². The highest BCUT2D eigenvalue weighted by Gasteiger charge is 2.17. The molecular weight excluding hydrogens is 292 g/mol. The Kier molecular flexibility index (Phi) is 8.97. The topological polar surface area (TPSA) is 52.6 Å². The molecular formula is C19H32O4. The van der Waals surface area contributed by atoms with Gasteiger partial charge in [-0.1, -0.05) is 26.3 Å². The molecule has 0 aromatic heterocycles. The molecule has 0 spiro atoms. The number of ether oxygens (including phenoxy) is 2. The third kappa shape index (κ3) is 7.67. The van der Waals surface area contributed by atoms with E-state index in [-0.39, 0.29) is 30.9 Å². The van der Waals surface area contributed by atoms with E-state index < -0.39 is 0 Å². The summed E-state index contributed by atoms with van der Waals surface area (Å²) in [5.74, 6) is -0.121. The minimum absolute atomic E-state index is 0.0318. The van der Waals surface area contributed by atoms with E-state index >= 15 is 0 Å². The maximum Gasteiger partial charge on any atom is 0.306 e. The standard InChI is InChI=1S/C19H32O4/c1-5-17(14(2)3)23-19(21)12-8-11-18(20)22-13-16-10-7-6-9-15(16)4/h14,17H,5-13H2,1-4H3. The lowest BCUT2D eigenvalue weighted by atomic mass is 9.93. The van der Waals surface area contributed by atoms with Crippen molar-refractivity contribution < 1.29 is 19.1 Å². The number of carbonyl (C=O) groups is 2. The summed E-state index contributed by atoms with van der Waals surface area (Å²) < 4.78 is 10.7. The van der Waals surface area contributed by atoms with Crippen molar-refractivity contribution in [3.63, 3.8) is 0 Å². The van der Waals surface area contributed by atoms with E-state index in [2.05, 4.69) is 6.92 Å². The smallest absolute Gasteiger partial charge is 0.306 e. The van der Waals surface area contributed by atoms with Gasteiger partial charge in [-0.15, -0.1) is 0 Å². The van der Waals surface area contributed by atoms with Gasteiger partial charge in [-0.05, 0) is 56.9 Å². The number of hydrogen-bond acceptors (Lipinski definition) is 4. The molecule has 0 bridgehead atoms. The first-order valence-corrected chi connectivity index (χ1v) is 8.96. The lowest BCUT2D eigenvalue weighted by Gasteiger charge is -2.19. The maximum atomic E-state index is 11.8. The van der Waals surface area contributed by atoms with Crippen LogP contribution in [-0.4, -0.2) is 24.6 Å². The molecule has 132 valence electrons. The molecule has 0 saturated carbocycles. The first-order chi connectivity index (χ1) is 10.9. The monoisotopic (exact) mass is 324 g/mol. The molecule has 0 N–H and O–H groups in total. The van der Waals surface area contributed by atoms with Crippen molar-refractivity contribution in [3.8, 4) is 0 Å². The van der Waals surface area contributed by atoms with Gasteiger partial charge in [-0.2, -0.15) is 0 Å². The second-order valence-electron chi connectivity index (χ2n) is 6.79. The van der Waals surface area contributed by atoms with Crippen molar-refractivity contribution in [2.24, 2.45) is 5.92 Å². The molecule has 0 radical (unpaired) electrons. The molecule has 1 aliphatic rings. The van der Waals surface area contributed by atoms with E-state index in [1.807, 2.05) is 20.8 Å². The third-order valence-electron chi connectivity index (χ3n) is 4.48. The minimum atomic E-state index is -0.223. The van der Waals surface area contributed by atoms with E-state index in [0.717, 1.165) is 19.3 Å². The molecule has 0 saturated heterocycles. The van der Waals surface area contributed by atoms with Crippen molar-refractivity contribution >= 4 is 11.9 Å². The predicted octanol–water partition coefficient (Wildman–Crippen LogP) is 4.57. The van der Waals surface area contributed by atoms with Crippen molar-refractivity contribution in [1.29, 1.82) is 0 Å². The molecule has 0 heterocycles. The Labute approximate surface area is 140 Å². The number of allylic oxidation sites excluding steroid dienone is 1. The summed E-state index contributed by atoms with van der Waals surface area (Å²) >= 11 is 0. The van der Waals surface area contributed by atoms with Gasteiger partial charge in [0.1, 0.15) is 12.7 Å². The summed E-state index contributed by atoms with van der Waals surface area (Å²) in [6.07, 6.45) is 6.41. The van der Waals surface area contributed by atoms with Gasteiger partial charge in [-0.3, -0.25) is 9.59 Å². The van der Waals surface area contributed by atoms with Crippen LogP contribution in [0.4, 0.5) is 0 Å². The Morgan fingerprint density at radius 1 is 1.09 bits per heavy atom. The SMILES string of the molecule is CCC(OC(=O)CCCC(=O)OCC1=C(C)CCCC1)C(C)C. The summed E-state index contributed by atoms with van der Waals surface area (Å²) in [6.45, 7) is 8.64. The van der Waals surface area contributed by atoms with Gasteiger partial charge in [0.15, 0.2) is 0 Å². The van der Waals surface area contributed by atoms with Crippen LogP contribution in [0.1, 0.15) is 79.1 Å². The summed E-state index contributed by atoms with van der Waals surface area (Å²) in [5, 5.41) is 0. The Balaban J connectivity index is 2.19. The van der Waals surface area contributed by atoms with Gasteiger partial charge in [0, 0.05) is 12.8 Å². The Bertz CT molecular complexity index is 423. The summed E-state index contributed by atoms with van der Waals surface area (Å²) in [4.78, 5) is 23.5. The Morgan fingerprint density at radius 2 is 1.74 bits per heavy atom. The van der Waals surface area contributed by atoms with Crippen LogP contribution in [0.25, 0.3) is 0 Å². The van der Waals surface area contributed by atoms with Crippen LogP contribution in [0.5, 0.6) is 0 Å². The predicted molar refractivity (Wildman–Crippen MR) is 91.0 cm³/mol. The zero-order valence-electron chi connectivity index (χ0n) is 15.2. The van der Waals surface area contributed by atoms with Gasteiger partial charge < -0.3 is 9.47 Å². The fourth-order valence-corrected chi connectivity index (χ4v) is 2.85. The molecule has 1 aliphatic carbocycles. The third-order valence-corrected chi connectivity index (χ3v) is 4.48. The van der Waals surface area contributed by atoms with Crippen LogP contribution in [0.3, 0.4) is 0 Å². The molecule has 1 atom stereocenters. The van der Waals surface area contributed by atoms with E-state index in [1.165, 1.54) is 24.0 Å². The lowest BCUT2D eigenvalue weighted by molar-refractivity contribution is -0.151. The van der Waals surface area contributed by atoms with Gasteiger partial charge in [0.25, 0.3) is 0 Å². The quantitative estimate of drug-likeness (QED) is 0.460. The lowest BCUT2D eigenvalue weighted by Crippen LogP contribution is -2.22. The summed E-state index contributed by atoms with van der Waals surface area (Å²) in [5.41, 5.74) is 2.64. The molecule has 0 aromatic carbocycles. The molecule has 0 amide bonds. The normalized spacial score (nSPS) is 16.4. The molecule has 1 unspecified atom stereocenters. The highest BCUT2D eigenvalue weighted by molar-refractivity contribution is 5.72. The molecule has 23 heavy (non-hydrogen) atoms. The van der Waals surface area contributed by atoms with Gasteiger partial charge in [0.2, 0.25) is 0 Å². The number of esters is 2. The van der Waals surface area contributed by atoms with E-state index in [9.17, 15) is 9.59 Å². The zero-order chi connectivity index (χ0) is 17.2. The van der Waals surface area contributed by atoms with Crippen molar-refractivity contribution in [2.45, 2.75) is 85.2 Å². The van der Waals surface area contributed by atoms with Crippen LogP contribution in [0, 0.1) is 5.92 Å². The van der Waals surface area contributed by atoms with Crippen LogP contribution in [0.2, 0.25) is 0 Å². The fourth-order valence-electron chi connectivity index (χ4n) is 2.85. The van der Waals surface area contributed by atoms with Gasteiger partial charge in [-0.25, -0.2) is 0 Å². The van der Waals surface area contributed by atoms with Crippen LogP contribution in [0.15, 0.2) is 11.1 Å². The largest absolute Gasteiger partial charge is 0.462 e. The molecule has 0 fully saturated rings. The number of hydrogen-bond donors (Lipinski definition) is 0. The molecule has 0 aromatic rings. The number of rotatable bonds is 9. The van der Waals surface area contributed by atoms with Crippen LogP contribution in [-0.2, 0) is 19.1 Å². The maximum absolute atomic E-state index is 11.8. The molecule has 0 aliphatic heterocycles. The Morgan fingerprint density at radius 3 is 2.35 bits per heavy atom. The van der Waals surface area contributed by atoms with Crippen LogP contribution < -0.4 is 0 Å². The fraction of sp³-hybridized carbons (Fsp3) is 0.789. The highest BCUT2D eigenvalue weighted by atomic mass is 16.5. The van der Waals surface area contributed by atoms with E-state index in [4.69, 9.17) is 9.47 Å². The summed E-state index contributed by atoms with van der Waals surface area (Å²) in [7, 11) is 0. The molecule has 4 heteroatoms. The van der Waals surface area contributed by atoms with E-state index in [0.29, 0.717) is 18.9 Å². The number of carbonyl (C=O) groups excluding carboxylic acids is 2. The zero-order valence-corrected chi connectivity index (χ0v) is 15.2. The van der Waals surface area contributed by atoms with Crippen molar-refractivity contribution in [3.05, 3.63) is 11.1 Å².